The summed E-state index contributed by atoms with van der Waals surface area (Å²) in [5.74, 6) is -0.691. The molecule has 0 atom stereocenters. The molecule has 0 aliphatic heterocycles. The van der Waals surface area contributed by atoms with E-state index in [1.165, 1.54) is 12.1 Å². The van der Waals surface area contributed by atoms with Crippen LogP contribution < -0.4 is 5.73 Å². The van der Waals surface area contributed by atoms with Crippen LogP contribution in [0.3, 0.4) is 0 Å². The fourth-order valence-corrected chi connectivity index (χ4v) is 3.34. The first-order chi connectivity index (χ1) is 15.8. The van der Waals surface area contributed by atoms with Gasteiger partial charge < -0.3 is 5.73 Å². The summed E-state index contributed by atoms with van der Waals surface area (Å²) in [5, 5.41) is 17.5. The number of rotatable bonds is 6. The number of nitrogens with two attached hydrogens (primary N) is 1. The number of halogens is 1. The monoisotopic (exact) mass is 442 g/mol. The third-order valence-corrected chi connectivity index (χ3v) is 5.65. The van der Waals surface area contributed by atoms with E-state index in [0.29, 0.717) is 17.9 Å². The molecule has 2 N–H and O–H groups in total. The summed E-state index contributed by atoms with van der Waals surface area (Å²) in [6.45, 7) is 6.91. The van der Waals surface area contributed by atoms with Crippen molar-refractivity contribution in [2.75, 3.05) is 5.73 Å². The van der Waals surface area contributed by atoms with Gasteiger partial charge in [-0.15, -0.1) is 5.10 Å². The Balaban J connectivity index is 1.64. The molecule has 166 valence electrons. The van der Waals surface area contributed by atoms with E-state index in [0.717, 1.165) is 17.8 Å². The van der Waals surface area contributed by atoms with E-state index >= 15 is 0 Å². The normalized spacial score (nSPS) is 11.4. The number of hydrogen-bond donors (Lipinski definition) is 1. The molecular formula is C24H23FN8. The van der Waals surface area contributed by atoms with Gasteiger partial charge in [0.05, 0.1) is 35.4 Å². The molecule has 4 rings (SSSR count). The van der Waals surface area contributed by atoms with Gasteiger partial charge in [0.25, 0.3) is 0 Å². The first-order valence-corrected chi connectivity index (χ1v) is 10.5. The second kappa shape index (κ2) is 8.74. The van der Waals surface area contributed by atoms with Gasteiger partial charge >= 0.3 is 0 Å². The second-order valence-electron chi connectivity index (χ2n) is 8.33. The standard InChI is InChI=1S/C24H23FN8/c1-4-24(2,3)21-10-6-8-16(28-21)13-33-14-20(31-32-33)19-11-18(29-23(27)30-19)17-9-5-7-15(12-26)22(17)25/h5-11,14H,4,13H2,1-3H3,(H2,27,29,30). The fraction of sp³-hybridized carbons (Fsp3) is 0.250. The molecule has 0 aliphatic carbocycles. The van der Waals surface area contributed by atoms with Crippen LogP contribution in [0.25, 0.3) is 22.6 Å². The molecule has 3 aromatic heterocycles. The minimum Gasteiger partial charge on any atom is -0.368 e. The molecule has 0 unspecified atom stereocenters. The van der Waals surface area contributed by atoms with Gasteiger partial charge in [0.15, 0.2) is 0 Å². The SMILES string of the molecule is CCC(C)(C)c1cccc(Cn2cc(-c3cc(-c4cccc(C#N)c4F)nc(N)n3)nn2)n1. The molecule has 0 aliphatic rings. The first kappa shape index (κ1) is 22.0. The van der Waals surface area contributed by atoms with Crippen molar-refractivity contribution >= 4 is 5.95 Å². The zero-order chi connectivity index (χ0) is 23.6. The number of nitrogens with zero attached hydrogens (tertiary/aromatic N) is 7. The average molecular weight is 443 g/mol. The number of aromatic nitrogens is 6. The van der Waals surface area contributed by atoms with Crippen LogP contribution in [0.5, 0.6) is 0 Å². The molecular weight excluding hydrogens is 419 g/mol. The Morgan fingerprint density at radius 3 is 2.58 bits per heavy atom. The number of anilines is 1. The van der Waals surface area contributed by atoms with Gasteiger partial charge in [0.2, 0.25) is 5.95 Å². The summed E-state index contributed by atoms with van der Waals surface area (Å²) in [6.07, 6.45) is 2.71. The van der Waals surface area contributed by atoms with E-state index in [1.807, 2.05) is 24.3 Å². The Bertz CT molecular complexity index is 1350. The summed E-state index contributed by atoms with van der Waals surface area (Å²) >= 11 is 0. The molecule has 9 heteroatoms. The van der Waals surface area contributed by atoms with E-state index in [-0.39, 0.29) is 28.2 Å². The summed E-state index contributed by atoms with van der Waals surface area (Å²) < 4.78 is 16.3. The van der Waals surface area contributed by atoms with Crippen LogP contribution in [-0.2, 0) is 12.0 Å². The lowest BCUT2D eigenvalue weighted by atomic mass is 9.86. The first-order valence-electron chi connectivity index (χ1n) is 10.5. The van der Waals surface area contributed by atoms with Gasteiger partial charge in [-0.2, -0.15) is 5.26 Å². The third kappa shape index (κ3) is 4.55. The topological polar surface area (TPSA) is 119 Å². The minimum atomic E-state index is -0.659. The molecule has 0 saturated carbocycles. The van der Waals surface area contributed by atoms with E-state index in [4.69, 9.17) is 16.0 Å². The second-order valence-corrected chi connectivity index (χ2v) is 8.33. The van der Waals surface area contributed by atoms with Gasteiger partial charge in [0, 0.05) is 16.7 Å². The van der Waals surface area contributed by atoms with Crippen molar-refractivity contribution in [2.45, 2.75) is 39.2 Å². The summed E-state index contributed by atoms with van der Waals surface area (Å²) in [4.78, 5) is 13.1. The molecule has 33 heavy (non-hydrogen) atoms. The van der Waals surface area contributed by atoms with Crippen molar-refractivity contribution < 1.29 is 4.39 Å². The zero-order valence-corrected chi connectivity index (χ0v) is 18.6. The highest BCUT2D eigenvalue weighted by atomic mass is 19.1. The van der Waals surface area contributed by atoms with Gasteiger partial charge in [-0.3, -0.25) is 4.98 Å². The number of nitriles is 1. The lowest BCUT2D eigenvalue weighted by Crippen LogP contribution is -2.18. The maximum atomic E-state index is 14.7. The smallest absolute Gasteiger partial charge is 0.221 e. The van der Waals surface area contributed by atoms with E-state index < -0.39 is 5.82 Å². The van der Waals surface area contributed by atoms with Crippen LogP contribution in [0, 0.1) is 17.1 Å². The molecule has 0 saturated heterocycles. The van der Waals surface area contributed by atoms with Gasteiger partial charge in [0.1, 0.15) is 17.6 Å². The van der Waals surface area contributed by atoms with Crippen molar-refractivity contribution in [2.24, 2.45) is 0 Å². The predicted molar refractivity (Wildman–Crippen MR) is 122 cm³/mol. The van der Waals surface area contributed by atoms with Gasteiger partial charge in [-0.25, -0.2) is 19.0 Å². The molecule has 0 spiro atoms. The highest BCUT2D eigenvalue weighted by Gasteiger charge is 2.20. The van der Waals surface area contributed by atoms with Crippen LogP contribution in [0.2, 0.25) is 0 Å². The summed E-state index contributed by atoms with van der Waals surface area (Å²) in [5.41, 5.74) is 8.98. The van der Waals surface area contributed by atoms with Crippen molar-refractivity contribution in [3.8, 4) is 28.7 Å². The molecule has 1 aromatic carbocycles. The number of nitrogen functional groups attached to an aromatic ring is 1. The molecule has 0 fully saturated rings. The molecule has 8 nitrogen and oxygen atoms in total. The largest absolute Gasteiger partial charge is 0.368 e. The predicted octanol–water partition coefficient (Wildman–Crippen LogP) is 4.13. The highest BCUT2D eigenvalue weighted by molar-refractivity contribution is 5.68. The van der Waals surface area contributed by atoms with Gasteiger partial charge in [-0.05, 0) is 36.8 Å². The van der Waals surface area contributed by atoms with Crippen LogP contribution in [0.4, 0.5) is 10.3 Å². The Labute approximate surface area is 191 Å². The van der Waals surface area contributed by atoms with E-state index in [9.17, 15) is 4.39 Å². The Kier molecular flexibility index (Phi) is 5.84. The Morgan fingerprint density at radius 2 is 1.82 bits per heavy atom. The van der Waals surface area contributed by atoms with Crippen molar-refractivity contribution in [3.63, 3.8) is 0 Å². The van der Waals surface area contributed by atoms with Crippen LogP contribution >= 0.6 is 0 Å². The highest BCUT2D eigenvalue weighted by Crippen LogP contribution is 2.27. The number of benzene rings is 1. The quantitative estimate of drug-likeness (QED) is 0.477. The summed E-state index contributed by atoms with van der Waals surface area (Å²) in [6, 6.07) is 13.9. The molecule has 3 heterocycles. The van der Waals surface area contributed by atoms with Crippen LogP contribution in [-0.4, -0.2) is 29.9 Å². The number of pyridine rings is 1. The molecule has 0 amide bonds. The third-order valence-electron chi connectivity index (χ3n) is 5.65. The van der Waals surface area contributed by atoms with Crippen molar-refractivity contribution in [1.29, 1.82) is 5.26 Å². The lowest BCUT2D eigenvalue weighted by Gasteiger charge is -2.22. The lowest BCUT2D eigenvalue weighted by molar-refractivity contribution is 0.486. The Morgan fingerprint density at radius 1 is 1.06 bits per heavy atom. The van der Waals surface area contributed by atoms with Crippen molar-refractivity contribution in [3.05, 3.63) is 71.4 Å². The zero-order valence-electron chi connectivity index (χ0n) is 18.6. The minimum absolute atomic E-state index is 0.0173. The van der Waals surface area contributed by atoms with Crippen LogP contribution in [0.15, 0.2) is 48.7 Å². The van der Waals surface area contributed by atoms with Crippen molar-refractivity contribution in [1.82, 2.24) is 29.9 Å². The maximum Gasteiger partial charge on any atom is 0.221 e. The average Bonchev–Trinajstić information content (AvgIpc) is 3.27. The fourth-order valence-electron chi connectivity index (χ4n) is 3.34. The molecule has 0 radical (unpaired) electrons. The molecule has 4 aromatic rings. The Hall–Kier alpha value is -4.19. The van der Waals surface area contributed by atoms with Crippen LogP contribution in [0.1, 0.15) is 44.1 Å². The summed E-state index contributed by atoms with van der Waals surface area (Å²) in [7, 11) is 0. The van der Waals surface area contributed by atoms with E-state index in [1.54, 1.807) is 23.0 Å². The van der Waals surface area contributed by atoms with E-state index in [2.05, 4.69) is 41.1 Å². The maximum absolute atomic E-state index is 14.7. The van der Waals surface area contributed by atoms with Gasteiger partial charge in [-0.1, -0.05) is 38.1 Å². The molecule has 0 bridgehead atoms. The number of hydrogen-bond acceptors (Lipinski definition) is 7.